The first-order valence-corrected chi connectivity index (χ1v) is 9.11. The van der Waals surface area contributed by atoms with E-state index in [1.165, 1.54) is 11.8 Å². The molecule has 2 aromatic rings. The highest BCUT2D eigenvalue weighted by atomic mass is 16.5. The largest absolute Gasteiger partial charge is 0.464 e. The quantitative estimate of drug-likeness (QED) is 0.746. The van der Waals surface area contributed by atoms with Gasteiger partial charge in [-0.25, -0.2) is 14.3 Å². The minimum atomic E-state index is -0.722. The van der Waals surface area contributed by atoms with Gasteiger partial charge in [0.2, 0.25) is 5.88 Å². The number of nitrogens with zero attached hydrogens (tertiary/aromatic N) is 3. The van der Waals surface area contributed by atoms with E-state index < -0.39 is 17.9 Å². The molecule has 2 N–H and O–H groups in total. The molecule has 1 aromatic carbocycles. The molecule has 0 fully saturated rings. The molecule has 0 amide bonds. The third kappa shape index (κ3) is 3.75. The number of benzene rings is 1. The van der Waals surface area contributed by atoms with E-state index in [1.807, 2.05) is 6.07 Å². The van der Waals surface area contributed by atoms with Gasteiger partial charge in [0.05, 0.1) is 30.9 Å². The lowest BCUT2D eigenvalue weighted by atomic mass is 9.83. The summed E-state index contributed by atoms with van der Waals surface area (Å²) in [6, 6.07) is 10.6. The van der Waals surface area contributed by atoms with Crippen molar-refractivity contribution in [2.75, 3.05) is 13.7 Å². The normalized spacial score (nSPS) is 16.0. The second-order valence-corrected chi connectivity index (χ2v) is 6.34. The van der Waals surface area contributed by atoms with Crippen LogP contribution in [0.1, 0.15) is 35.8 Å². The number of carbonyl (C=O) groups is 2. The molecule has 9 nitrogen and oxygen atoms in total. The summed E-state index contributed by atoms with van der Waals surface area (Å²) in [6.45, 7) is 3.49. The Morgan fingerprint density at radius 1 is 1.27 bits per heavy atom. The molecule has 3 rings (SSSR count). The molecule has 2 heterocycles. The Hall–Kier alpha value is -4.06. The van der Waals surface area contributed by atoms with Crippen molar-refractivity contribution < 1.29 is 23.8 Å². The number of hydrogen-bond acceptors (Lipinski definition) is 8. The van der Waals surface area contributed by atoms with Crippen molar-refractivity contribution in [3.63, 3.8) is 0 Å². The van der Waals surface area contributed by atoms with Crippen LogP contribution < -0.4 is 5.73 Å². The van der Waals surface area contributed by atoms with Gasteiger partial charge in [0.1, 0.15) is 17.4 Å². The van der Waals surface area contributed by atoms with Gasteiger partial charge in [0.15, 0.2) is 5.69 Å². The van der Waals surface area contributed by atoms with Gasteiger partial charge in [-0.2, -0.15) is 10.4 Å². The molecule has 0 bridgehead atoms. The van der Waals surface area contributed by atoms with Crippen LogP contribution in [0.25, 0.3) is 5.69 Å². The Morgan fingerprint density at radius 2 is 1.97 bits per heavy atom. The fraction of sp³-hybridized carbons (Fsp3) is 0.238. The van der Waals surface area contributed by atoms with E-state index in [0.717, 1.165) is 0 Å². The maximum Gasteiger partial charge on any atom is 0.358 e. The van der Waals surface area contributed by atoms with Crippen LogP contribution in [0, 0.1) is 11.3 Å². The van der Waals surface area contributed by atoms with Crippen molar-refractivity contribution in [2.45, 2.75) is 19.8 Å². The average Bonchev–Trinajstić information content (AvgIpc) is 3.23. The van der Waals surface area contributed by atoms with E-state index >= 15 is 0 Å². The van der Waals surface area contributed by atoms with Crippen LogP contribution in [0.4, 0.5) is 0 Å². The third-order valence-corrected chi connectivity index (χ3v) is 4.58. The second-order valence-electron chi connectivity index (χ2n) is 6.34. The molecule has 0 saturated heterocycles. The zero-order chi connectivity index (χ0) is 21.8. The maximum atomic E-state index is 12.6. The fourth-order valence-corrected chi connectivity index (χ4v) is 3.19. The SMILES string of the molecule is CCOC(=O)C1=C(C)OC(N)=C(C#N)C1c1ccc(-n2ccc(C(=O)OC)n2)cc1. The molecule has 1 aromatic heterocycles. The Bertz CT molecular complexity index is 1090. The number of allylic oxidation sites excluding steroid dienone is 2. The van der Waals surface area contributed by atoms with Gasteiger partial charge >= 0.3 is 11.9 Å². The summed E-state index contributed by atoms with van der Waals surface area (Å²) < 4.78 is 16.7. The van der Waals surface area contributed by atoms with Crippen LogP contribution in [-0.4, -0.2) is 35.4 Å². The summed E-state index contributed by atoms with van der Waals surface area (Å²) in [6.07, 6.45) is 1.63. The number of methoxy groups -OCH3 is 1. The predicted molar refractivity (Wildman–Crippen MR) is 105 cm³/mol. The number of nitriles is 1. The number of hydrogen-bond donors (Lipinski definition) is 1. The summed E-state index contributed by atoms with van der Waals surface area (Å²) in [4.78, 5) is 24.1. The van der Waals surface area contributed by atoms with Crippen LogP contribution in [-0.2, 0) is 19.0 Å². The van der Waals surface area contributed by atoms with Gasteiger partial charge in [-0.3, -0.25) is 0 Å². The molecule has 1 atom stereocenters. The molecule has 0 aliphatic carbocycles. The zero-order valence-corrected chi connectivity index (χ0v) is 16.7. The topological polar surface area (TPSA) is 129 Å². The van der Waals surface area contributed by atoms with Crippen molar-refractivity contribution in [1.29, 1.82) is 5.26 Å². The Labute approximate surface area is 172 Å². The number of nitrogens with two attached hydrogens (primary N) is 1. The third-order valence-electron chi connectivity index (χ3n) is 4.58. The van der Waals surface area contributed by atoms with Crippen molar-refractivity contribution in [3.8, 4) is 11.8 Å². The highest BCUT2D eigenvalue weighted by Gasteiger charge is 2.36. The molecule has 30 heavy (non-hydrogen) atoms. The summed E-state index contributed by atoms with van der Waals surface area (Å²) >= 11 is 0. The molecule has 0 saturated carbocycles. The predicted octanol–water partition coefficient (Wildman–Crippen LogP) is 2.30. The molecule has 0 radical (unpaired) electrons. The van der Waals surface area contributed by atoms with Gasteiger partial charge < -0.3 is 19.9 Å². The highest BCUT2D eigenvalue weighted by Crippen LogP contribution is 2.39. The molecule has 1 aliphatic rings. The molecule has 1 aliphatic heterocycles. The molecule has 0 spiro atoms. The molecular formula is C21H20N4O5. The first-order valence-electron chi connectivity index (χ1n) is 9.11. The van der Waals surface area contributed by atoms with E-state index in [2.05, 4.69) is 9.84 Å². The lowest BCUT2D eigenvalue weighted by molar-refractivity contribution is -0.139. The van der Waals surface area contributed by atoms with Crippen LogP contribution in [0.15, 0.2) is 59.3 Å². The molecular weight excluding hydrogens is 388 g/mol. The van der Waals surface area contributed by atoms with Crippen LogP contribution in [0.3, 0.4) is 0 Å². The Morgan fingerprint density at radius 3 is 2.57 bits per heavy atom. The summed E-state index contributed by atoms with van der Waals surface area (Å²) in [5.74, 6) is -1.59. The van der Waals surface area contributed by atoms with Gasteiger partial charge in [-0.05, 0) is 37.6 Å². The van der Waals surface area contributed by atoms with Crippen LogP contribution in [0.2, 0.25) is 0 Å². The van der Waals surface area contributed by atoms with Crippen molar-refractivity contribution in [3.05, 3.63) is 70.6 Å². The second kappa shape index (κ2) is 8.53. The van der Waals surface area contributed by atoms with Crippen molar-refractivity contribution in [1.82, 2.24) is 9.78 Å². The molecule has 154 valence electrons. The van der Waals surface area contributed by atoms with E-state index in [0.29, 0.717) is 11.3 Å². The fourth-order valence-electron chi connectivity index (χ4n) is 3.19. The summed E-state index contributed by atoms with van der Waals surface area (Å²) in [7, 11) is 1.28. The monoisotopic (exact) mass is 408 g/mol. The summed E-state index contributed by atoms with van der Waals surface area (Å²) in [5, 5.41) is 13.8. The minimum absolute atomic E-state index is 0.0491. The lowest BCUT2D eigenvalue weighted by Crippen LogP contribution is -2.25. The molecule has 1 unspecified atom stereocenters. The van der Waals surface area contributed by atoms with E-state index in [4.69, 9.17) is 15.2 Å². The Kier molecular flexibility index (Phi) is 5.88. The number of ether oxygens (including phenoxy) is 3. The van der Waals surface area contributed by atoms with Crippen LogP contribution >= 0.6 is 0 Å². The van der Waals surface area contributed by atoms with Gasteiger partial charge in [0.25, 0.3) is 0 Å². The van der Waals surface area contributed by atoms with Gasteiger partial charge in [-0.1, -0.05) is 12.1 Å². The summed E-state index contributed by atoms with van der Waals surface area (Å²) in [5.41, 5.74) is 7.76. The van der Waals surface area contributed by atoms with Crippen molar-refractivity contribution in [2.24, 2.45) is 5.73 Å². The average molecular weight is 408 g/mol. The maximum absolute atomic E-state index is 12.6. The Balaban J connectivity index is 2.00. The molecule has 9 heteroatoms. The minimum Gasteiger partial charge on any atom is -0.464 e. The smallest absolute Gasteiger partial charge is 0.358 e. The van der Waals surface area contributed by atoms with E-state index in [-0.39, 0.29) is 35.1 Å². The number of rotatable bonds is 5. The highest BCUT2D eigenvalue weighted by molar-refractivity contribution is 5.92. The van der Waals surface area contributed by atoms with Crippen LogP contribution in [0.5, 0.6) is 0 Å². The first-order chi connectivity index (χ1) is 14.4. The number of esters is 2. The van der Waals surface area contributed by atoms with Gasteiger partial charge in [-0.15, -0.1) is 0 Å². The number of aromatic nitrogens is 2. The zero-order valence-electron chi connectivity index (χ0n) is 16.7. The number of carbonyl (C=O) groups excluding carboxylic acids is 2. The standard InChI is InChI=1S/C21H20N4O5/c1-4-29-21(27)17-12(2)30-19(23)15(11-22)18(17)13-5-7-14(8-6-13)25-10-9-16(24-25)20(26)28-3/h5-10,18H,4,23H2,1-3H3. The van der Waals surface area contributed by atoms with E-state index in [1.54, 1.807) is 50.4 Å². The lowest BCUT2D eigenvalue weighted by Gasteiger charge is -2.26. The van der Waals surface area contributed by atoms with E-state index in [9.17, 15) is 14.9 Å². The van der Waals surface area contributed by atoms with Gasteiger partial charge in [0, 0.05) is 6.20 Å². The van der Waals surface area contributed by atoms with Crippen molar-refractivity contribution >= 4 is 11.9 Å². The first kappa shape index (κ1) is 20.7.